The molecule has 0 radical (unpaired) electrons. The Kier molecular flexibility index (Phi) is 15.3. The van der Waals surface area contributed by atoms with Crippen LogP contribution in [0, 0.1) is 0 Å². The molecule has 0 aliphatic heterocycles. The van der Waals surface area contributed by atoms with E-state index in [-0.39, 0.29) is 0 Å². The van der Waals surface area contributed by atoms with Crippen molar-refractivity contribution in [3.8, 4) is 0 Å². The Bertz CT molecular complexity index is 267. The van der Waals surface area contributed by atoms with Crippen LogP contribution in [0.3, 0.4) is 0 Å². The van der Waals surface area contributed by atoms with Crippen LogP contribution < -0.4 is 0 Å². The van der Waals surface area contributed by atoms with E-state index in [1.54, 1.807) is 0 Å². The van der Waals surface area contributed by atoms with Gasteiger partial charge in [-0.2, -0.15) is 0 Å². The summed E-state index contributed by atoms with van der Waals surface area (Å²) in [4.78, 5) is 0. The van der Waals surface area contributed by atoms with Gasteiger partial charge in [0.2, 0.25) is 0 Å². The van der Waals surface area contributed by atoms with Crippen molar-refractivity contribution in [2.75, 3.05) is 25.7 Å². The van der Waals surface area contributed by atoms with Crippen LogP contribution in [-0.4, -0.2) is 25.7 Å². The fourth-order valence-electron chi connectivity index (χ4n) is 3.31. The predicted molar refractivity (Wildman–Crippen MR) is 120 cm³/mol. The second-order valence-corrected chi connectivity index (χ2v) is 18.4. The summed E-state index contributed by atoms with van der Waals surface area (Å²) in [7, 11) is 0. The first kappa shape index (κ1) is 24.7. The van der Waals surface area contributed by atoms with Gasteiger partial charge in [-0.05, 0) is 0 Å². The number of unbranched alkanes of at least 4 members (excludes halogenated alkanes) is 15. The van der Waals surface area contributed by atoms with Crippen molar-refractivity contribution in [3.05, 3.63) is 0 Å². The van der Waals surface area contributed by atoms with Crippen molar-refractivity contribution < 1.29 is 0 Å². The van der Waals surface area contributed by atoms with Gasteiger partial charge in [0.25, 0.3) is 0 Å². The van der Waals surface area contributed by atoms with Crippen LogP contribution in [0.5, 0.6) is 0 Å². The second kappa shape index (κ2) is 14.8. The predicted octanol–water partition coefficient (Wildman–Crippen LogP) is 9.23. The van der Waals surface area contributed by atoms with Crippen molar-refractivity contribution in [3.63, 3.8) is 0 Å². The molecule has 0 saturated heterocycles. The van der Waals surface area contributed by atoms with Gasteiger partial charge in [-0.25, -0.2) is 0 Å². The molecule has 0 aromatic rings. The van der Waals surface area contributed by atoms with Crippen molar-refractivity contribution in [1.82, 2.24) is 0 Å². The van der Waals surface area contributed by atoms with Crippen LogP contribution >= 0.6 is 17.2 Å². The summed E-state index contributed by atoms with van der Waals surface area (Å²) in [6.45, 7) is 9.22. The summed E-state index contributed by atoms with van der Waals surface area (Å²) in [6, 6.07) is 0. The quantitative estimate of drug-likeness (QED) is 0.164. The van der Waals surface area contributed by atoms with Crippen molar-refractivity contribution in [1.29, 1.82) is 0 Å². The molecule has 0 aromatic carbocycles. The van der Waals surface area contributed by atoms with Crippen LogP contribution in [0.1, 0.15) is 117 Å². The zero-order valence-electron chi connectivity index (χ0n) is 17.6. The van der Waals surface area contributed by atoms with E-state index in [0.29, 0.717) is 0 Å². The molecule has 0 bridgehead atoms. The molecule has 0 aliphatic rings. The van der Waals surface area contributed by atoms with Gasteiger partial charge in [0.05, 0.1) is 0 Å². The molecule has 2 heteroatoms. The van der Waals surface area contributed by atoms with Crippen LogP contribution in [0.25, 0.3) is 0 Å². The SMILES string of the molecule is CCCCCCCCCCCCCCCCCCP(C)(C)(Cl)CC. The molecule has 0 N–H and O–H groups in total. The summed E-state index contributed by atoms with van der Waals surface area (Å²) in [5.41, 5.74) is 0. The van der Waals surface area contributed by atoms with E-state index in [2.05, 4.69) is 27.2 Å². The van der Waals surface area contributed by atoms with Crippen LogP contribution in [0.15, 0.2) is 0 Å². The van der Waals surface area contributed by atoms with Crippen molar-refractivity contribution >= 4 is 17.2 Å². The van der Waals surface area contributed by atoms with E-state index in [9.17, 15) is 0 Å². The molecule has 0 amide bonds. The second-order valence-electron chi connectivity index (χ2n) is 8.86. The van der Waals surface area contributed by atoms with Gasteiger partial charge in [0, 0.05) is 0 Å². The van der Waals surface area contributed by atoms with Crippen LogP contribution in [0.2, 0.25) is 0 Å². The van der Waals surface area contributed by atoms with Crippen molar-refractivity contribution in [2.45, 2.75) is 117 Å². The van der Waals surface area contributed by atoms with E-state index in [1.807, 2.05) is 0 Å². The van der Waals surface area contributed by atoms with E-state index in [1.165, 1.54) is 115 Å². The van der Waals surface area contributed by atoms with Gasteiger partial charge >= 0.3 is 120 Å². The molecule has 0 spiro atoms. The number of halogens is 1. The first-order valence-corrected chi connectivity index (χ1v) is 15.5. The summed E-state index contributed by atoms with van der Waals surface area (Å²) < 4.78 is 0. The third-order valence-electron chi connectivity index (χ3n) is 5.68. The Balaban J connectivity index is 3.16. The Hall–Kier alpha value is 0.720. The molecule has 0 saturated carbocycles. The molecule has 0 unspecified atom stereocenters. The molecule has 0 heterocycles. The Morgan fingerprint density at radius 2 is 0.792 bits per heavy atom. The third-order valence-corrected chi connectivity index (χ3v) is 10.5. The topological polar surface area (TPSA) is 0 Å². The maximum atomic E-state index is 6.77. The molecule has 24 heavy (non-hydrogen) atoms. The molecule has 0 rings (SSSR count). The van der Waals surface area contributed by atoms with Gasteiger partial charge < -0.3 is 0 Å². The summed E-state index contributed by atoms with van der Waals surface area (Å²) in [6.07, 6.45) is 25.5. The Morgan fingerprint density at radius 3 is 1.08 bits per heavy atom. The first-order valence-electron chi connectivity index (χ1n) is 11.1. The fourth-order valence-corrected chi connectivity index (χ4v) is 5.18. The van der Waals surface area contributed by atoms with E-state index in [0.717, 1.165) is 0 Å². The number of rotatable bonds is 18. The van der Waals surface area contributed by atoms with E-state index < -0.39 is 5.96 Å². The van der Waals surface area contributed by atoms with Gasteiger partial charge in [0.1, 0.15) is 0 Å². The molecule has 148 valence electrons. The molecule has 0 aromatic heterocycles. The van der Waals surface area contributed by atoms with Crippen LogP contribution in [-0.2, 0) is 0 Å². The third kappa shape index (κ3) is 17.5. The molecular formula is C22H48ClP. The van der Waals surface area contributed by atoms with E-state index >= 15 is 0 Å². The normalized spacial score (nSPS) is 13.8. The zero-order valence-corrected chi connectivity index (χ0v) is 19.2. The molecule has 0 nitrogen and oxygen atoms in total. The van der Waals surface area contributed by atoms with Gasteiger partial charge in [0.15, 0.2) is 0 Å². The first-order chi connectivity index (χ1) is 11.4. The van der Waals surface area contributed by atoms with Crippen molar-refractivity contribution in [2.24, 2.45) is 0 Å². The monoisotopic (exact) mass is 378 g/mol. The average Bonchev–Trinajstić information content (AvgIpc) is 2.54. The number of hydrogen-bond acceptors (Lipinski definition) is 0. The van der Waals surface area contributed by atoms with E-state index in [4.69, 9.17) is 11.2 Å². The summed E-state index contributed by atoms with van der Waals surface area (Å²) in [5, 5.41) is 0. The molecule has 0 atom stereocenters. The summed E-state index contributed by atoms with van der Waals surface area (Å²) in [5.74, 6) is -1.77. The average molecular weight is 379 g/mol. The standard InChI is InChI=1S/C22H48ClP/c1-5-7-8-9-10-11-12-13-14-15-16-17-18-19-20-21-22-24(3,4,23)6-2/h5-22H2,1-4H3. The maximum absolute atomic E-state index is 6.77. The molecular weight excluding hydrogens is 331 g/mol. The molecule has 0 fully saturated rings. The fraction of sp³-hybridized carbons (Fsp3) is 1.00. The minimum absolute atomic E-state index is 1.19. The minimum atomic E-state index is -1.77. The Morgan fingerprint density at radius 1 is 0.500 bits per heavy atom. The molecule has 0 aliphatic carbocycles. The zero-order chi connectivity index (χ0) is 18.2. The van der Waals surface area contributed by atoms with Crippen LogP contribution in [0.4, 0.5) is 0 Å². The summed E-state index contributed by atoms with van der Waals surface area (Å²) >= 11 is 6.77. The van der Waals surface area contributed by atoms with Gasteiger partial charge in [-0.1, -0.05) is 39.0 Å². The van der Waals surface area contributed by atoms with Gasteiger partial charge in [-0.3, -0.25) is 0 Å². The number of hydrogen-bond donors (Lipinski definition) is 0. The van der Waals surface area contributed by atoms with Gasteiger partial charge in [-0.15, -0.1) is 0 Å². The Labute approximate surface area is 159 Å².